The van der Waals surface area contributed by atoms with Gasteiger partial charge in [-0.2, -0.15) is 0 Å². The Hall–Kier alpha value is -2.93. The summed E-state index contributed by atoms with van der Waals surface area (Å²) in [5, 5.41) is 10.3. The van der Waals surface area contributed by atoms with Crippen molar-refractivity contribution >= 4 is 16.9 Å². The van der Waals surface area contributed by atoms with E-state index in [1.807, 2.05) is 25.3 Å². The number of hydrogen-bond acceptors (Lipinski definition) is 3. The molecule has 2 heterocycles. The molecular weight excluding hydrogens is 414 g/mol. The van der Waals surface area contributed by atoms with Gasteiger partial charge >= 0.3 is 5.97 Å². The number of aromatic amines is 1. The Labute approximate surface area is 185 Å². The number of benzene rings is 2. The van der Waals surface area contributed by atoms with Crippen LogP contribution in [0.1, 0.15) is 45.9 Å². The van der Waals surface area contributed by atoms with E-state index in [0.29, 0.717) is 25.9 Å². The predicted molar refractivity (Wildman–Crippen MR) is 117 cm³/mol. The van der Waals surface area contributed by atoms with Gasteiger partial charge in [0.05, 0.1) is 12.7 Å². The van der Waals surface area contributed by atoms with Crippen LogP contribution in [0.5, 0.6) is 5.75 Å². The molecule has 1 saturated heterocycles. The highest BCUT2D eigenvalue weighted by Crippen LogP contribution is 2.67. The summed E-state index contributed by atoms with van der Waals surface area (Å²) in [6.45, 7) is 3.15. The van der Waals surface area contributed by atoms with E-state index in [4.69, 9.17) is 4.74 Å². The number of aryl methyl sites for hydroxylation is 1. The fraction of sp³-hybridized carbons (Fsp3) is 0.400. The molecule has 7 heteroatoms. The summed E-state index contributed by atoms with van der Waals surface area (Å²) < 4.78 is 33.6. The Morgan fingerprint density at radius 2 is 2.06 bits per heavy atom. The third-order valence-corrected chi connectivity index (χ3v) is 7.44. The van der Waals surface area contributed by atoms with Gasteiger partial charge in [-0.1, -0.05) is 12.1 Å². The summed E-state index contributed by atoms with van der Waals surface area (Å²) >= 11 is 0. The zero-order valence-corrected chi connectivity index (χ0v) is 18.1. The molecule has 3 aromatic rings. The molecule has 1 aliphatic heterocycles. The second kappa shape index (κ2) is 7.59. The molecule has 5 nitrogen and oxygen atoms in total. The largest absolute Gasteiger partial charge is 0.496 e. The van der Waals surface area contributed by atoms with Crippen LogP contribution in [0.4, 0.5) is 8.78 Å². The first kappa shape index (κ1) is 20.9. The van der Waals surface area contributed by atoms with Crippen LogP contribution in [0, 0.1) is 18.3 Å². The Kier molecular flexibility index (Phi) is 4.97. The van der Waals surface area contributed by atoms with Gasteiger partial charge in [-0.15, -0.1) is 0 Å². The van der Waals surface area contributed by atoms with Crippen LogP contribution in [-0.2, 0) is 6.54 Å². The number of carbonyl (C=O) groups is 1. The maximum absolute atomic E-state index is 14.0. The number of carboxylic acid groups (broad SMARTS) is 1. The lowest BCUT2D eigenvalue weighted by Crippen LogP contribution is -2.39. The fourth-order valence-electron chi connectivity index (χ4n) is 5.60. The molecule has 5 rings (SSSR count). The smallest absolute Gasteiger partial charge is 0.335 e. The van der Waals surface area contributed by atoms with Gasteiger partial charge < -0.3 is 14.8 Å². The molecule has 2 aromatic carbocycles. The Bertz CT molecular complexity index is 1170. The Morgan fingerprint density at radius 1 is 1.31 bits per heavy atom. The van der Waals surface area contributed by atoms with E-state index in [9.17, 15) is 18.7 Å². The molecule has 1 saturated carbocycles. The minimum absolute atomic E-state index is 0.148. The van der Waals surface area contributed by atoms with Crippen molar-refractivity contribution in [3.8, 4) is 5.75 Å². The molecule has 1 aliphatic carbocycles. The van der Waals surface area contributed by atoms with Gasteiger partial charge in [0, 0.05) is 40.7 Å². The number of ether oxygens (including phenoxy) is 1. The number of piperidine rings is 1. The number of likely N-dealkylation sites (tertiary alicyclic amines) is 1. The first-order valence-electron chi connectivity index (χ1n) is 10.8. The first-order chi connectivity index (χ1) is 15.4. The summed E-state index contributed by atoms with van der Waals surface area (Å²) in [5.41, 5.74) is 3.33. The Balaban J connectivity index is 1.54. The number of nitrogens with zero attached hydrogens (tertiary/aromatic N) is 1. The van der Waals surface area contributed by atoms with E-state index in [-0.39, 0.29) is 17.5 Å². The van der Waals surface area contributed by atoms with Crippen LogP contribution in [0.3, 0.4) is 0 Å². The van der Waals surface area contributed by atoms with Crippen LogP contribution >= 0.6 is 0 Å². The van der Waals surface area contributed by atoms with Crippen molar-refractivity contribution in [2.75, 3.05) is 13.7 Å². The van der Waals surface area contributed by atoms with E-state index in [0.717, 1.165) is 33.3 Å². The quantitative estimate of drug-likeness (QED) is 0.539. The number of rotatable bonds is 6. The maximum Gasteiger partial charge on any atom is 0.335 e. The predicted octanol–water partition coefficient (Wildman–Crippen LogP) is 5.40. The second-order valence-corrected chi connectivity index (χ2v) is 9.08. The molecule has 3 unspecified atom stereocenters. The van der Waals surface area contributed by atoms with Crippen molar-refractivity contribution in [1.82, 2.24) is 9.88 Å². The summed E-state index contributed by atoms with van der Waals surface area (Å²) in [7, 11) is 1.65. The van der Waals surface area contributed by atoms with E-state index in [1.54, 1.807) is 31.4 Å². The average Bonchev–Trinajstić information content (AvgIpc) is 3.33. The number of halogens is 2. The molecule has 168 valence electrons. The molecule has 2 N–H and O–H groups in total. The van der Waals surface area contributed by atoms with Crippen LogP contribution in [-0.4, -0.2) is 41.0 Å². The highest BCUT2D eigenvalue weighted by molar-refractivity contribution is 5.88. The van der Waals surface area contributed by atoms with Gasteiger partial charge in [-0.25, -0.2) is 13.6 Å². The van der Waals surface area contributed by atoms with Crippen LogP contribution in [0.15, 0.2) is 42.6 Å². The minimum atomic E-state index is -2.35. The third kappa shape index (κ3) is 3.18. The zero-order valence-electron chi connectivity index (χ0n) is 18.1. The lowest BCUT2D eigenvalue weighted by Gasteiger charge is -2.39. The number of nitrogens with one attached hydrogen (secondary N) is 1. The molecular formula is C25H26F2N2O3. The number of methoxy groups -OCH3 is 1. The molecule has 2 aliphatic rings. The van der Waals surface area contributed by atoms with Gasteiger partial charge in [0.25, 0.3) is 0 Å². The average molecular weight is 440 g/mol. The molecule has 0 radical (unpaired) electrons. The Morgan fingerprint density at radius 3 is 2.72 bits per heavy atom. The lowest BCUT2D eigenvalue weighted by atomic mass is 9.86. The maximum atomic E-state index is 14.0. The SMILES string of the molecule is COc1cc(C)c2[nH]ccc2c1CN1CCC2(C(F)F)CC2C1c1ccc(C(=O)O)cc1. The van der Waals surface area contributed by atoms with Crippen molar-refractivity contribution in [2.24, 2.45) is 11.3 Å². The highest BCUT2D eigenvalue weighted by atomic mass is 19.3. The highest BCUT2D eigenvalue weighted by Gasteiger charge is 2.66. The fourth-order valence-corrected chi connectivity index (χ4v) is 5.60. The normalized spacial score (nSPS) is 25.2. The molecule has 2 fully saturated rings. The van der Waals surface area contributed by atoms with Crippen molar-refractivity contribution < 1.29 is 23.4 Å². The van der Waals surface area contributed by atoms with Crippen LogP contribution in [0.2, 0.25) is 0 Å². The first-order valence-corrected chi connectivity index (χ1v) is 10.8. The minimum Gasteiger partial charge on any atom is -0.496 e. The number of hydrogen-bond donors (Lipinski definition) is 2. The summed E-state index contributed by atoms with van der Waals surface area (Å²) in [6.07, 6.45) is 0.517. The summed E-state index contributed by atoms with van der Waals surface area (Å²) in [5.74, 6) is -0.356. The lowest BCUT2D eigenvalue weighted by molar-refractivity contribution is -0.00424. The molecule has 1 aromatic heterocycles. The van der Waals surface area contributed by atoms with E-state index < -0.39 is 17.8 Å². The van der Waals surface area contributed by atoms with Crippen LogP contribution in [0.25, 0.3) is 10.9 Å². The van der Waals surface area contributed by atoms with Crippen molar-refractivity contribution in [3.05, 3.63) is 64.8 Å². The number of carboxylic acids is 1. The second-order valence-electron chi connectivity index (χ2n) is 9.08. The summed E-state index contributed by atoms with van der Waals surface area (Å²) in [6, 6.07) is 10.5. The zero-order chi connectivity index (χ0) is 22.6. The van der Waals surface area contributed by atoms with Gasteiger partial charge in [0.15, 0.2) is 0 Å². The van der Waals surface area contributed by atoms with Gasteiger partial charge in [0.2, 0.25) is 6.43 Å². The summed E-state index contributed by atoms with van der Waals surface area (Å²) in [4.78, 5) is 16.8. The number of aromatic carboxylic acids is 1. The number of alkyl halides is 2. The molecule has 0 bridgehead atoms. The van der Waals surface area contributed by atoms with Crippen LogP contribution < -0.4 is 4.74 Å². The molecule has 0 spiro atoms. The standard InChI is InChI=1S/C25H26F2N2O3/c1-14-11-20(32-2)18(17-7-9-28-21(14)17)13-29-10-8-25(24(26)27)12-19(25)22(29)15-3-5-16(6-4-15)23(30)31/h3-7,9,11,19,22,24,28H,8,10,12-13H2,1-2H3,(H,30,31). The van der Waals surface area contributed by atoms with E-state index in [1.165, 1.54) is 0 Å². The van der Waals surface area contributed by atoms with Crippen molar-refractivity contribution in [1.29, 1.82) is 0 Å². The van der Waals surface area contributed by atoms with Crippen molar-refractivity contribution in [3.63, 3.8) is 0 Å². The molecule has 0 amide bonds. The third-order valence-electron chi connectivity index (χ3n) is 7.44. The number of H-pyrrole nitrogens is 1. The van der Waals surface area contributed by atoms with E-state index >= 15 is 0 Å². The van der Waals surface area contributed by atoms with E-state index in [2.05, 4.69) is 9.88 Å². The topological polar surface area (TPSA) is 65.6 Å². The number of aromatic nitrogens is 1. The van der Waals surface area contributed by atoms with Crippen molar-refractivity contribution in [2.45, 2.75) is 38.8 Å². The van der Waals surface area contributed by atoms with Gasteiger partial charge in [0.1, 0.15) is 5.75 Å². The molecule has 3 atom stereocenters. The monoisotopic (exact) mass is 440 g/mol. The van der Waals surface area contributed by atoms with Gasteiger partial charge in [-0.3, -0.25) is 4.90 Å². The molecule has 32 heavy (non-hydrogen) atoms. The van der Waals surface area contributed by atoms with Gasteiger partial charge in [-0.05, 0) is 67.6 Å². The number of fused-ring (bicyclic) bond motifs is 2.